The van der Waals surface area contributed by atoms with Gasteiger partial charge in [0.05, 0.1) is 6.54 Å². The fourth-order valence-corrected chi connectivity index (χ4v) is 2.84. The summed E-state index contributed by atoms with van der Waals surface area (Å²) in [5.74, 6) is -0.426. The van der Waals surface area contributed by atoms with Gasteiger partial charge in [0, 0.05) is 18.0 Å². The smallest absolute Gasteiger partial charge is 0.325 e. The van der Waals surface area contributed by atoms with Crippen molar-refractivity contribution in [2.75, 3.05) is 5.32 Å². The zero-order chi connectivity index (χ0) is 19.4. The van der Waals surface area contributed by atoms with Gasteiger partial charge >= 0.3 is 5.69 Å². The van der Waals surface area contributed by atoms with Gasteiger partial charge in [-0.15, -0.1) is 0 Å². The number of nitrogens with one attached hydrogen (secondary N) is 1. The second-order valence-corrected chi connectivity index (χ2v) is 6.49. The maximum absolute atomic E-state index is 12.7. The molecule has 0 radical (unpaired) electrons. The van der Waals surface area contributed by atoms with Crippen molar-refractivity contribution in [2.45, 2.75) is 26.9 Å². The molecule has 0 spiro atoms. The summed E-state index contributed by atoms with van der Waals surface area (Å²) in [4.78, 5) is 37.1. The average Bonchev–Trinajstić information content (AvgIpc) is 2.65. The standard InChI is InChI=1S/C21H21N3O3/c1-15-8-9-16(2)17(12-15)13-23-11-10-20(26)24(21(23)27)14-19(25)22-18-6-4-3-5-7-18/h3-12H,13-14H2,1-2H3,(H,22,25). The molecule has 6 nitrogen and oxygen atoms in total. The molecule has 6 heteroatoms. The Morgan fingerprint density at radius 2 is 1.74 bits per heavy atom. The van der Waals surface area contributed by atoms with Gasteiger partial charge in [0.2, 0.25) is 5.91 Å². The summed E-state index contributed by atoms with van der Waals surface area (Å²) in [6, 6.07) is 16.2. The predicted octanol–water partition coefficient (Wildman–Crippen LogP) is 2.31. The van der Waals surface area contributed by atoms with Crippen LogP contribution in [0.5, 0.6) is 0 Å². The Morgan fingerprint density at radius 3 is 2.48 bits per heavy atom. The maximum atomic E-state index is 12.7. The van der Waals surface area contributed by atoms with Gasteiger partial charge in [-0.1, -0.05) is 42.0 Å². The van der Waals surface area contributed by atoms with Gasteiger partial charge in [-0.2, -0.15) is 0 Å². The molecule has 3 rings (SSSR count). The highest BCUT2D eigenvalue weighted by atomic mass is 16.2. The minimum Gasteiger partial charge on any atom is -0.325 e. The molecule has 1 N–H and O–H groups in total. The summed E-state index contributed by atoms with van der Waals surface area (Å²) in [5, 5.41) is 2.68. The summed E-state index contributed by atoms with van der Waals surface area (Å²) in [7, 11) is 0. The van der Waals surface area contributed by atoms with E-state index in [1.54, 1.807) is 24.3 Å². The number of carbonyl (C=O) groups excluding carboxylic acids is 1. The van der Waals surface area contributed by atoms with Crippen LogP contribution in [-0.4, -0.2) is 15.0 Å². The van der Waals surface area contributed by atoms with E-state index < -0.39 is 17.2 Å². The van der Waals surface area contributed by atoms with E-state index in [9.17, 15) is 14.4 Å². The minimum atomic E-state index is -0.508. The molecule has 2 aromatic carbocycles. The molecule has 0 aliphatic heterocycles. The largest absolute Gasteiger partial charge is 0.331 e. The maximum Gasteiger partial charge on any atom is 0.331 e. The molecule has 1 amide bonds. The number of nitrogens with zero attached hydrogens (tertiary/aromatic N) is 2. The van der Waals surface area contributed by atoms with E-state index in [-0.39, 0.29) is 6.54 Å². The lowest BCUT2D eigenvalue weighted by Gasteiger charge is -2.12. The highest BCUT2D eigenvalue weighted by Gasteiger charge is 2.11. The van der Waals surface area contributed by atoms with Gasteiger partial charge in [0.15, 0.2) is 0 Å². The number of carbonyl (C=O) groups is 1. The molecular formula is C21H21N3O3. The topological polar surface area (TPSA) is 73.1 Å². The zero-order valence-corrected chi connectivity index (χ0v) is 15.3. The summed E-state index contributed by atoms with van der Waals surface area (Å²) in [6.07, 6.45) is 1.47. The molecule has 0 aliphatic rings. The van der Waals surface area contributed by atoms with Gasteiger partial charge in [0.25, 0.3) is 5.56 Å². The monoisotopic (exact) mass is 363 g/mol. The van der Waals surface area contributed by atoms with Crippen molar-refractivity contribution in [3.63, 3.8) is 0 Å². The molecule has 27 heavy (non-hydrogen) atoms. The average molecular weight is 363 g/mol. The molecule has 0 saturated carbocycles. The van der Waals surface area contributed by atoms with Crippen LogP contribution in [0.3, 0.4) is 0 Å². The van der Waals surface area contributed by atoms with Crippen LogP contribution in [0.25, 0.3) is 0 Å². The summed E-state index contributed by atoms with van der Waals surface area (Å²) in [6.45, 7) is 3.97. The van der Waals surface area contributed by atoms with Crippen molar-refractivity contribution >= 4 is 11.6 Å². The Morgan fingerprint density at radius 1 is 1.00 bits per heavy atom. The van der Waals surface area contributed by atoms with E-state index in [4.69, 9.17) is 0 Å². The number of hydrogen-bond acceptors (Lipinski definition) is 3. The van der Waals surface area contributed by atoms with Crippen LogP contribution in [-0.2, 0) is 17.9 Å². The first-order valence-electron chi connectivity index (χ1n) is 8.65. The number of amides is 1. The van der Waals surface area contributed by atoms with E-state index in [1.165, 1.54) is 16.8 Å². The van der Waals surface area contributed by atoms with Crippen molar-refractivity contribution in [1.29, 1.82) is 0 Å². The van der Waals surface area contributed by atoms with Gasteiger partial charge in [-0.3, -0.25) is 18.7 Å². The van der Waals surface area contributed by atoms with E-state index >= 15 is 0 Å². The summed E-state index contributed by atoms with van der Waals surface area (Å²) >= 11 is 0. The van der Waals surface area contributed by atoms with Gasteiger partial charge in [0.1, 0.15) is 6.54 Å². The SMILES string of the molecule is Cc1ccc(C)c(Cn2ccc(=O)n(CC(=O)Nc3ccccc3)c2=O)c1. The molecule has 138 valence electrons. The second-order valence-electron chi connectivity index (χ2n) is 6.49. The third kappa shape index (κ3) is 4.41. The van der Waals surface area contributed by atoms with Crippen LogP contribution < -0.4 is 16.6 Å². The Labute approximate surface area is 156 Å². The second kappa shape index (κ2) is 7.86. The van der Waals surface area contributed by atoms with Crippen molar-refractivity contribution in [3.05, 3.63) is 98.3 Å². The first-order chi connectivity index (χ1) is 12.9. The third-order valence-corrected chi connectivity index (χ3v) is 4.34. The third-order valence-electron chi connectivity index (χ3n) is 4.34. The number of aromatic nitrogens is 2. The molecule has 1 aromatic heterocycles. The summed E-state index contributed by atoms with van der Waals surface area (Å²) < 4.78 is 2.39. The lowest BCUT2D eigenvalue weighted by Crippen LogP contribution is -2.41. The number of aryl methyl sites for hydroxylation is 2. The number of hydrogen-bond donors (Lipinski definition) is 1. The number of para-hydroxylation sites is 1. The minimum absolute atomic E-state index is 0.333. The molecule has 1 heterocycles. The van der Waals surface area contributed by atoms with Crippen molar-refractivity contribution in [1.82, 2.24) is 9.13 Å². The molecule has 0 saturated heterocycles. The normalized spacial score (nSPS) is 10.6. The lowest BCUT2D eigenvalue weighted by molar-refractivity contribution is -0.116. The highest BCUT2D eigenvalue weighted by Crippen LogP contribution is 2.11. The summed E-state index contributed by atoms with van der Waals surface area (Å²) in [5.41, 5.74) is 2.76. The van der Waals surface area contributed by atoms with E-state index in [0.717, 1.165) is 21.3 Å². The van der Waals surface area contributed by atoms with E-state index in [1.807, 2.05) is 38.1 Å². The molecule has 0 bridgehead atoms. The van der Waals surface area contributed by atoms with Crippen molar-refractivity contribution in [3.8, 4) is 0 Å². The molecule has 0 atom stereocenters. The fraction of sp³-hybridized carbons (Fsp3) is 0.190. The Bertz CT molecular complexity index is 1080. The van der Waals surface area contributed by atoms with Crippen LogP contribution in [0.15, 0.2) is 70.4 Å². The molecule has 0 fully saturated rings. The zero-order valence-electron chi connectivity index (χ0n) is 15.3. The number of benzene rings is 2. The van der Waals surface area contributed by atoms with Crippen LogP contribution in [0.1, 0.15) is 16.7 Å². The Hall–Kier alpha value is -3.41. The number of rotatable bonds is 5. The molecule has 0 unspecified atom stereocenters. The van der Waals surface area contributed by atoms with Gasteiger partial charge in [-0.05, 0) is 37.1 Å². The van der Waals surface area contributed by atoms with Crippen LogP contribution >= 0.6 is 0 Å². The lowest BCUT2D eigenvalue weighted by atomic mass is 10.1. The Kier molecular flexibility index (Phi) is 5.35. The van der Waals surface area contributed by atoms with E-state index in [2.05, 4.69) is 5.32 Å². The quantitative estimate of drug-likeness (QED) is 0.756. The fourth-order valence-electron chi connectivity index (χ4n) is 2.84. The first-order valence-corrected chi connectivity index (χ1v) is 8.65. The Balaban J connectivity index is 1.85. The van der Waals surface area contributed by atoms with Crippen LogP contribution in [0.4, 0.5) is 5.69 Å². The van der Waals surface area contributed by atoms with Crippen molar-refractivity contribution < 1.29 is 4.79 Å². The van der Waals surface area contributed by atoms with Crippen molar-refractivity contribution in [2.24, 2.45) is 0 Å². The van der Waals surface area contributed by atoms with Crippen LogP contribution in [0.2, 0.25) is 0 Å². The highest BCUT2D eigenvalue weighted by molar-refractivity contribution is 5.90. The predicted molar refractivity (Wildman–Crippen MR) is 105 cm³/mol. The van der Waals surface area contributed by atoms with Crippen LogP contribution in [0, 0.1) is 13.8 Å². The van der Waals surface area contributed by atoms with Gasteiger partial charge < -0.3 is 5.32 Å². The molecular weight excluding hydrogens is 342 g/mol. The number of anilines is 1. The van der Waals surface area contributed by atoms with Gasteiger partial charge in [-0.25, -0.2) is 4.79 Å². The van der Waals surface area contributed by atoms with E-state index in [0.29, 0.717) is 12.2 Å². The molecule has 3 aromatic rings. The first kappa shape index (κ1) is 18.4. The molecule has 0 aliphatic carbocycles.